The quantitative estimate of drug-likeness (QED) is 0.331. The summed E-state index contributed by atoms with van der Waals surface area (Å²) in [4.78, 5) is 38.8. The second-order valence-electron chi connectivity index (χ2n) is 7.99. The minimum absolute atomic E-state index is 0.186. The van der Waals surface area contributed by atoms with Gasteiger partial charge in [-0.25, -0.2) is 4.90 Å². The minimum Gasteiger partial charge on any atom is -0.494 e. The molecule has 8 nitrogen and oxygen atoms in total. The first-order valence-electron chi connectivity index (χ1n) is 10.2. The molecule has 1 aliphatic rings. The van der Waals surface area contributed by atoms with Crippen LogP contribution in [-0.2, 0) is 9.53 Å². The van der Waals surface area contributed by atoms with Gasteiger partial charge >= 0.3 is 5.97 Å². The van der Waals surface area contributed by atoms with Crippen molar-refractivity contribution in [3.8, 4) is 17.2 Å². The Bertz CT molecular complexity index is 1030. The summed E-state index contributed by atoms with van der Waals surface area (Å²) in [6.07, 6.45) is 1.29. The summed E-state index contributed by atoms with van der Waals surface area (Å²) in [7, 11) is 4.28. The smallest absolute Gasteiger partial charge is 0.311 e. The Labute approximate surface area is 187 Å². The maximum atomic E-state index is 13.0. The fraction of sp³-hybridized carbons (Fsp3) is 0.375. The number of anilines is 1. The number of imide groups is 1. The number of esters is 1. The number of hydrogen-bond donors (Lipinski definition) is 0. The molecule has 2 aromatic rings. The third kappa shape index (κ3) is 4.26. The summed E-state index contributed by atoms with van der Waals surface area (Å²) < 4.78 is 21.1. The molecule has 8 heteroatoms. The van der Waals surface area contributed by atoms with Gasteiger partial charge in [-0.2, -0.15) is 0 Å². The molecule has 0 aliphatic carbocycles. The highest BCUT2D eigenvalue weighted by atomic mass is 16.5. The Hall–Kier alpha value is -3.55. The topological polar surface area (TPSA) is 91.4 Å². The van der Waals surface area contributed by atoms with Gasteiger partial charge in [-0.1, -0.05) is 0 Å². The van der Waals surface area contributed by atoms with Crippen LogP contribution < -0.4 is 19.1 Å². The molecule has 0 saturated carbocycles. The Balaban J connectivity index is 1.68. The summed E-state index contributed by atoms with van der Waals surface area (Å²) in [6, 6.07) is 9.86. The van der Waals surface area contributed by atoms with Gasteiger partial charge in [0, 0.05) is 0 Å². The number of carbonyl (C=O) groups is 3. The number of carbonyl (C=O) groups excluding carboxylic acids is 3. The van der Waals surface area contributed by atoms with Crippen LogP contribution in [0.4, 0.5) is 5.69 Å². The maximum Gasteiger partial charge on any atom is 0.311 e. The molecule has 170 valence electrons. The van der Waals surface area contributed by atoms with Crippen LogP contribution >= 0.6 is 0 Å². The van der Waals surface area contributed by atoms with Crippen molar-refractivity contribution in [3.63, 3.8) is 0 Å². The van der Waals surface area contributed by atoms with E-state index in [0.717, 1.165) is 4.90 Å². The number of ether oxygens (including phenoxy) is 4. The van der Waals surface area contributed by atoms with Gasteiger partial charge < -0.3 is 18.9 Å². The zero-order valence-corrected chi connectivity index (χ0v) is 18.9. The minimum atomic E-state index is -0.572. The summed E-state index contributed by atoms with van der Waals surface area (Å²) in [5, 5.41) is 0. The SMILES string of the molecule is COC(=O)C(C)(C)CCCOc1ccc(N2C(=O)c3ccc(OC)c(OC)c3C2=O)cc1. The Kier molecular flexibility index (Phi) is 6.72. The molecule has 2 aromatic carbocycles. The van der Waals surface area contributed by atoms with Crippen molar-refractivity contribution in [1.29, 1.82) is 0 Å². The molecule has 1 aliphatic heterocycles. The van der Waals surface area contributed by atoms with Gasteiger partial charge in [-0.15, -0.1) is 0 Å². The van der Waals surface area contributed by atoms with E-state index in [-0.39, 0.29) is 22.8 Å². The van der Waals surface area contributed by atoms with Crippen LogP contribution in [0.25, 0.3) is 0 Å². The second-order valence-corrected chi connectivity index (χ2v) is 7.99. The molecular weight excluding hydrogens is 414 g/mol. The van der Waals surface area contributed by atoms with Crippen LogP contribution in [0, 0.1) is 5.41 Å². The van der Waals surface area contributed by atoms with Crippen LogP contribution in [0.15, 0.2) is 36.4 Å². The summed E-state index contributed by atoms with van der Waals surface area (Å²) in [6.45, 7) is 4.09. The lowest BCUT2D eigenvalue weighted by molar-refractivity contribution is -0.151. The normalized spacial score (nSPS) is 13.1. The van der Waals surface area contributed by atoms with Crippen molar-refractivity contribution < 1.29 is 33.3 Å². The first kappa shape index (κ1) is 23.1. The average Bonchev–Trinajstić information content (AvgIpc) is 3.05. The third-order valence-corrected chi connectivity index (χ3v) is 5.44. The fourth-order valence-corrected chi connectivity index (χ4v) is 3.65. The molecule has 0 atom stereocenters. The predicted molar refractivity (Wildman–Crippen MR) is 118 cm³/mol. The van der Waals surface area contributed by atoms with Crippen molar-refractivity contribution >= 4 is 23.5 Å². The first-order valence-corrected chi connectivity index (χ1v) is 10.2. The zero-order valence-electron chi connectivity index (χ0n) is 18.9. The summed E-state index contributed by atoms with van der Waals surface area (Å²) >= 11 is 0. The molecule has 3 rings (SSSR count). The van der Waals surface area contributed by atoms with Crippen LogP contribution in [0.1, 0.15) is 47.4 Å². The third-order valence-electron chi connectivity index (χ3n) is 5.44. The number of methoxy groups -OCH3 is 3. The Morgan fingerprint density at radius 2 is 1.62 bits per heavy atom. The lowest BCUT2D eigenvalue weighted by Crippen LogP contribution is -2.29. The van der Waals surface area contributed by atoms with Crippen LogP contribution in [0.5, 0.6) is 17.2 Å². The van der Waals surface area contributed by atoms with E-state index in [2.05, 4.69) is 0 Å². The highest BCUT2D eigenvalue weighted by Gasteiger charge is 2.40. The molecule has 0 spiro atoms. The first-order chi connectivity index (χ1) is 15.2. The van der Waals surface area contributed by atoms with Crippen molar-refractivity contribution in [2.24, 2.45) is 5.41 Å². The van der Waals surface area contributed by atoms with Gasteiger partial charge in [0.15, 0.2) is 11.5 Å². The van der Waals surface area contributed by atoms with E-state index in [1.807, 2.05) is 13.8 Å². The number of amides is 2. The van der Waals surface area contributed by atoms with Crippen LogP contribution in [-0.4, -0.2) is 45.7 Å². The molecule has 0 saturated heterocycles. The highest BCUT2D eigenvalue weighted by Crippen LogP contribution is 2.40. The number of fused-ring (bicyclic) bond motifs is 1. The lowest BCUT2D eigenvalue weighted by atomic mass is 9.88. The van der Waals surface area contributed by atoms with E-state index in [4.69, 9.17) is 18.9 Å². The molecule has 0 radical (unpaired) electrons. The van der Waals surface area contributed by atoms with Gasteiger partial charge in [0.2, 0.25) is 0 Å². The van der Waals surface area contributed by atoms with Gasteiger partial charge in [0.25, 0.3) is 11.8 Å². The van der Waals surface area contributed by atoms with E-state index in [1.54, 1.807) is 36.4 Å². The van der Waals surface area contributed by atoms with Gasteiger partial charge in [-0.3, -0.25) is 14.4 Å². The van der Waals surface area contributed by atoms with Gasteiger partial charge in [0.1, 0.15) is 5.75 Å². The van der Waals surface area contributed by atoms with E-state index < -0.39 is 17.2 Å². The second kappa shape index (κ2) is 9.30. The number of hydrogen-bond acceptors (Lipinski definition) is 7. The van der Waals surface area contributed by atoms with Gasteiger partial charge in [-0.05, 0) is 63.1 Å². The molecule has 0 bridgehead atoms. The Morgan fingerprint density at radius 3 is 2.22 bits per heavy atom. The van der Waals surface area contributed by atoms with Crippen molar-refractivity contribution in [3.05, 3.63) is 47.5 Å². The van der Waals surface area contributed by atoms with E-state index >= 15 is 0 Å². The number of rotatable bonds is 9. The fourth-order valence-electron chi connectivity index (χ4n) is 3.65. The Morgan fingerprint density at radius 1 is 0.938 bits per heavy atom. The predicted octanol–water partition coefficient (Wildman–Crippen LogP) is 3.86. The average molecular weight is 441 g/mol. The summed E-state index contributed by atoms with van der Waals surface area (Å²) in [5.74, 6) is 0.0655. The largest absolute Gasteiger partial charge is 0.494 e. The standard InChI is InChI=1S/C24H27NO7/c1-24(2,23(28)31-5)13-6-14-32-16-9-7-15(8-10-16)25-21(26)17-11-12-18(29-3)20(30-4)19(17)22(25)27/h7-12H,6,13-14H2,1-5H3. The molecule has 1 heterocycles. The van der Waals surface area contributed by atoms with Crippen LogP contribution in [0.3, 0.4) is 0 Å². The van der Waals surface area contributed by atoms with E-state index in [0.29, 0.717) is 36.6 Å². The molecule has 0 unspecified atom stereocenters. The number of nitrogens with zero attached hydrogens (tertiary/aromatic N) is 1. The van der Waals surface area contributed by atoms with E-state index in [9.17, 15) is 14.4 Å². The van der Waals surface area contributed by atoms with Gasteiger partial charge in [0.05, 0.1) is 50.2 Å². The van der Waals surface area contributed by atoms with Crippen molar-refractivity contribution in [2.75, 3.05) is 32.8 Å². The number of benzene rings is 2. The van der Waals surface area contributed by atoms with Crippen LogP contribution in [0.2, 0.25) is 0 Å². The van der Waals surface area contributed by atoms with E-state index in [1.165, 1.54) is 21.3 Å². The van der Waals surface area contributed by atoms with Crippen molar-refractivity contribution in [2.45, 2.75) is 26.7 Å². The van der Waals surface area contributed by atoms with Crippen molar-refractivity contribution in [1.82, 2.24) is 0 Å². The lowest BCUT2D eigenvalue weighted by Gasteiger charge is -2.21. The zero-order chi connectivity index (χ0) is 23.5. The highest BCUT2D eigenvalue weighted by molar-refractivity contribution is 6.35. The molecular formula is C24H27NO7. The molecule has 0 N–H and O–H groups in total. The molecule has 32 heavy (non-hydrogen) atoms. The monoisotopic (exact) mass is 441 g/mol. The maximum absolute atomic E-state index is 13.0. The summed E-state index contributed by atoms with van der Waals surface area (Å²) in [5.41, 5.74) is 0.306. The molecule has 0 aromatic heterocycles. The molecule has 0 fully saturated rings. The molecule has 2 amide bonds.